The smallest absolute Gasteiger partial charge is 0.261 e. The summed E-state index contributed by atoms with van der Waals surface area (Å²) in [6.45, 7) is 4.17. The molecule has 0 unspecified atom stereocenters. The Bertz CT molecular complexity index is 557. The van der Waals surface area contributed by atoms with Gasteiger partial charge in [0.1, 0.15) is 0 Å². The van der Waals surface area contributed by atoms with Crippen molar-refractivity contribution in [3.8, 4) is 0 Å². The van der Waals surface area contributed by atoms with E-state index in [1.165, 1.54) is 7.05 Å². The van der Waals surface area contributed by atoms with E-state index in [9.17, 15) is 9.59 Å². The summed E-state index contributed by atoms with van der Waals surface area (Å²) in [4.78, 5) is 31.2. The topological polar surface area (TPSA) is 49.9 Å². The van der Waals surface area contributed by atoms with Gasteiger partial charge in [0.25, 0.3) is 5.91 Å². The van der Waals surface area contributed by atoms with Crippen LogP contribution in [0.4, 0.5) is 0 Å². The monoisotopic (exact) mass is 272 g/mol. The van der Waals surface area contributed by atoms with Crippen molar-refractivity contribution in [2.45, 2.75) is 12.1 Å². The summed E-state index contributed by atoms with van der Waals surface area (Å²) in [6.07, 6.45) is 0.994. The Hall–Kier alpha value is -1.98. The molecule has 2 heterocycles. The minimum Gasteiger partial charge on any atom is -0.284 e. The minimum atomic E-state index is -0.711. The first-order valence-corrected chi connectivity index (χ1v) is 6.56. The third-order valence-electron chi connectivity index (χ3n) is 3.87. The number of nitrogens with zero attached hydrogens (tertiary/aromatic N) is 2. The van der Waals surface area contributed by atoms with Gasteiger partial charge in [-0.15, -0.1) is 6.58 Å². The fraction of sp³-hybridized carbons (Fsp3) is 0.333. The summed E-state index contributed by atoms with van der Waals surface area (Å²) >= 11 is 0. The van der Waals surface area contributed by atoms with Crippen molar-refractivity contribution < 1.29 is 14.4 Å². The van der Waals surface area contributed by atoms with Gasteiger partial charge in [-0.1, -0.05) is 36.4 Å². The Kier molecular flexibility index (Phi) is 3.16. The molecule has 20 heavy (non-hydrogen) atoms. The number of imide groups is 1. The van der Waals surface area contributed by atoms with Gasteiger partial charge >= 0.3 is 0 Å². The van der Waals surface area contributed by atoms with Crippen molar-refractivity contribution >= 4 is 11.8 Å². The van der Waals surface area contributed by atoms with Crippen LogP contribution in [-0.4, -0.2) is 41.5 Å². The molecule has 5 heteroatoms. The van der Waals surface area contributed by atoms with Crippen molar-refractivity contribution in [2.24, 2.45) is 5.92 Å². The molecule has 1 aromatic rings. The summed E-state index contributed by atoms with van der Waals surface area (Å²) in [7, 11) is 1.51. The minimum absolute atomic E-state index is 0.180. The first-order chi connectivity index (χ1) is 9.65. The van der Waals surface area contributed by atoms with Crippen LogP contribution in [0.25, 0.3) is 0 Å². The molecule has 0 bridgehead atoms. The standard InChI is InChI=1S/C15H16N2O3/c1-3-9-17-12(10-7-5-4-6-8-10)11-13(20-17)15(19)16(2)14(11)18/h3-8,11-13H,1,9H2,2H3/t11-,12-,13+/m0/s1. The molecule has 104 valence electrons. The molecule has 2 saturated heterocycles. The zero-order chi connectivity index (χ0) is 14.3. The normalized spacial score (nSPS) is 29.9. The van der Waals surface area contributed by atoms with E-state index in [2.05, 4.69) is 6.58 Å². The average Bonchev–Trinajstić information content (AvgIpc) is 2.93. The van der Waals surface area contributed by atoms with Crippen LogP contribution in [0.2, 0.25) is 0 Å². The van der Waals surface area contributed by atoms with Crippen molar-refractivity contribution in [1.82, 2.24) is 9.96 Å². The van der Waals surface area contributed by atoms with Crippen molar-refractivity contribution in [1.29, 1.82) is 0 Å². The first kappa shape index (κ1) is 13.0. The van der Waals surface area contributed by atoms with Crippen LogP contribution >= 0.6 is 0 Å². The van der Waals surface area contributed by atoms with Crippen LogP contribution in [-0.2, 0) is 14.4 Å². The maximum absolute atomic E-state index is 12.3. The molecule has 1 aromatic carbocycles. The molecular formula is C15H16N2O3. The van der Waals surface area contributed by atoms with Gasteiger partial charge in [0.05, 0.1) is 12.0 Å². The van der Waals surface area contributed by atoms with Gasteiger partial charge in [-0.3, -0.25) is 19.3 Å². The molecule has 3 rings (SSSR count). The Labute approximate surface area is 117 Å². The summed E-state index contributed by atoms with van der Waals surface area (Å²) < 4.78 is 0. The summed E-state index contributed by atoms with van der Waals surface area (Å²) in [5, 5.41) is 1.68. The number of hydroxylamine groups is 2. The second-order valence-corrected chi connectivity index (χ2v) is 5.03. The molecule has 2 fully saturated rings. The molecular weight excluding hydrogens is 256 g/mol. The lowest BCUT2D eigenvalue weighted by Gasteiger charge is -2.25. The largest absolute Gasteiger partial charge is 0.284 e. The van der Waals surface area contributed by atoms with E-state index in [-0.39, 0.29) is 17.9 Å². The van der Waals surface area contributed by atoms with E-state index in [0.717, 1.165) is 10.5 Å². The summed E-state index contributed by atoms with van der Waals surface area (Å²) in [5.74, 6) is -0.928. The molecule has 0 aliphatic carbocycles. The number of rotatable bonds is 3. The highest BCUT2D eigenvalue weighted by Crippen LogP contribution is 2.43. The van der Waals surface area contributed by atoms with E-state index >= 15 is 0 Å². The maximum atomic E-state index is 12.3. The Balaban J connectivity index is 2.01. The molecule has 0 radical (unpaired) electrons. The zero-order valence-electron chi connectivity index (χ0n) is 11.2. The molecule has 2 aliphatic rings. The van der Waals surface area contributed by atoms with Gasteiger partial charge < -0.3 is 0 Å². The van der Waals surface area contributed by atoms with Crippen molar-refractivity contribution in [3.05, 3.63) is 48.6 Å². The van der Waals surface area contributed by atoms with Gasteiger partial charge in [-0.25, -0.2) is 0 Å². The number of likely N-dealkylation sites (tertiary alicyclic amines) is 1. The van der Waals surface area contributed by atoms with Crippen LogP contribution < -0.4 is 0 Å². The summed E-state index contributed by atoms with van der Waals surface area (Å²) in [6, 6.07) is 9.40. The van der Waals surface area contributed by atoms with E-state index < -0.39 is 12.0 Å². The van der Waals surface area contributed by atoms with E-state index in [0.29, 0.717) is 6.54 Å². The van der Waals surface area contributed by atoms with E-state index in [1.807, 2.05) is 30.3 Å². The van der Waals surface area contributed by atoms with Crippen LogP contribution in [0.1, 0.15) is 11.6 Å². The molecule has 3 atom stereocenters. The third kappa shape index (κ3) is 1.78. The van der Waals surface area contributed by atoms with E-state index in [4.69, 9.17) is 4.84 Å². The number of carbonyl (C=O) groups excluding carboxylic acids is 2. The molecule has 2 aliphatic heterocycles. The number of carbonyl (C=O) groups is 2. The highest BCUT2D eigenvalue weighted by Gasteiger charge is 2.58. The fourth-order valence-corrected chi connectivity index (χ4v) is 2.92. The second kappa shape index (κ2) is 4.85. The molecule has 0 spiro atoms. The van der Waals surface area contributed by atoms with Crippen LogP contribution in [0.15, 0.2) is 43.0 Å². The van der Waals surface area contributed by atoms with E-state index in [1.54, 1.807) is 11.1 Å². The quantitative estimate of drug-likeness (QED) is 0.611. The van der Waals surface area contributed by atoms with Gasteiger partial charge in [-0.2, -0.15) is 5.06 Å². The van der Waals surface area contributed by atoms with Crippen LogP contribution in [0.5, 0.6) is 0 Å². The van der Waals surface area contributed by atoms with Gasteiger partial charge in [-0.05, 0) is 5.56 Å². The number of hydrogen-bond donors (Lipinski definition) is 0. The number of fused-ring (bicyclic) bond motifs is 1. The van der Waals surface area contributed by atoms with Crippen molar-refractivity contribution in [2.75, 3.05) is 13.6 Å². The summed E-state index contributed by atoms with van der Waals surface area (Å²) in [5.41, 5.74) is 0.971. The highest BCUT2D eigenvalue weighted by atomic mass is 16.7. The lowest BCUT2D eigenvalue weighted by molar-refractivity contribution is -0.174. The second-order valence-electron chi connectivity index (χ2n) is 5.03. The number of amides is 2. The Morgan fingerprint density at radius 2 is 1.95 bits per heavy atom. The predicted octanol–water partition coefficient (Wildman–Crippen LogP) is 1.14. The maximum Gasteiger partial charge on any atom is 0.261 e. The third-order valence-corrected chi connectivity index (χ3v) is 3.87. The van der Waals surface area contributed by atoms with Gasteiger partial charge in [0.15, 0.2) is 6.10 Å². The van der Waals surface area contributed by atoms with Gasteiger partial charge in [0, 0.05) is 13.6 Å². The molecule has 2 amide bonds. The number of benzene rings is 1. The lowest BCUT2D eigenvalue weighted by Crippen LogP contribution is -2.34. The van der Waals surface area contributed by atoms with Crippen LogP contribution in [0, 0.1) is 5.92 Å². The predicted molar refractivity (Wildman–Crippen MR) is 72.2 cm³/mol. The molecule has 0 N–H and O–H groups in total. The lowest BCUT2D eigenvalue weighted by atomic mass is 9.91. The molecule has 5 nitrogen and oxygen atoms in total. The molecule has 0 aromatic heterocycles. The van der Waals surface area contributed by atoms with Crippen molar-refractivity contribution in [3.63, 3.8) is 0 Å². The zero-order valence-corrected chi connectivity index (χ0v) is 11.2. The Morgan fingerprint density at radius 3 is 2.60 bits per heavy atom. The number of hydrogen-bond acceptors (Lipinski definition) is 4. The highest BCUT2D eigenvalue weighted by molar-refractivity contribution is 6.07. The molecule has 0 saturated carbocycles. The van der Waals surface area contributed by atoms with Crippen LogP contribution in [0.3, 0.4) is 0 Å². The van der Waals surface area contributed by atoms with Gasteiger partial charge in [0.2, 0.25) is 5.91 Å². The first-order valence-electron chi connectivity index (χ1n) is 6.56. The number of likely N-dealkylation sites (N-methyl/N-ethyl adjacent to an activating group) is 1. The Morgan fingerprint density at radius 1 is 1.25 bits per heavy atom. The SMILES string of the molecule is C=CCN1O[C@H]2C(=O)N(C)C(=O)[C@H]2[C@@H]1c1ccccc1. The fourth-order valence-electron chi connectivity index (χ4n) is 2.92. The average molecular weight is 272 g/mol.